The van der Waals surface area contributed by atoms with Gasteiger partial charge in [0.2, 0.25) is 0 Å². The number of hydrogen-bond donors (Lipinski definition) is 0. The predicted octanol–water partition coefficient (Wildman–Crippen LogP) is 5.23. The second-order valence-corrected chi connectivity index (χ2v) is 14.6. The monoisotopic (exact) mass is 646 g/mol. The normalized spacial score (nSPS) is 12.0. The molecule has 4 aromatic carbocycles. The molecule has 4 rings (SSSR count). The zero-order chi connectivity index (χ0) is 31.6. The van der Waals surface area contributed by atoms with Crippen LogP contribution in [0.25, 0.3) is 22.3 Å². The number of ether oxygens (including phenoxy) is 1. The summed E-state index contributed by atoms with van der Waals surface area (Å²) in [5.74, 6) is 0.310. The molecule has 228 valence electrons. The molecule has 0 heterocycles. The van der Waals surface area contributed by atoms with Gasteiger partial charge in [-0.05, 0) is 72.0 Å². The van der Waals surface area contributed by atoms with E-state index in [1.54, 1.807) is 37.3 Å². The standard InChI is InChI=1S/C30H30O10S3/c1-20-17-26(23-11-14-25(15-12-23)38-41(3,31)32)30(40-43(5,35)36)21(2)29(20)24-13-16-27(28(18-24)39-42(4,33)34)37-19-22-9-7-6-8-10-22/h6-18H,19H2,1-5H3. The Labute approximate surface area is 252 Å². The Bertz CT molecular complexity index is 1970. The molecule has 0 aromatic heterocycles. The SMILES string of the molecule is Cc1cc(-c2ccc(OS(C)(=O)=O)cc2)c(OS(C)(=O)=O)c(C)c1-c1ccc(OCc2ccccc2)c(OS(C)(=O)=O)c1. The smallest absolute Gasteiger partial charge is 0.306 e. The summed E-state index contributed by atoms with van der Waals surface area (Å²) >= 11 is 0. The van der Waals surface area contributed by atoms with Gasteiger partial charge in [0.15, 0.2) is 17.2 Å². The Morgan fingerprint density at radius 3 is 1.77 bits per heavy atom. The van der Waals surface area contributed by atoms with Gasteiger partial charge in [0.05, 0.1) is 18.8 Å². The van der Waals surface area contributed by atoms with Crippen LogP contribution in [0.15, 0.2) is 78.9 Å². The molecule has 0 aliphatic carbocycles. The summed E-state index contributed by atoms with van der Waals surface area (Å²) in [6.45, 7) is 3.67. The first-order chi connectivity index (χ1) is 20.0. The lowest BCUT2D eigenvalue weighted by molar-refractivity contribution is 0.296. The Morgan fingerprint density at radius 2 is 1.19 bits per heavy atom. The van der Waals surface area contributed by atoms with Gasteiger partial charge in [0, 0.05) is 11.1 Å². The van der Waals surface area contributed by atoms with Gasteiger partial charge >= 0.3 is 30.4 Å². The van der Waals surface area contributed by atoms with Crippen LogP contribution in [0.3, 0.4) is 0 Å². The van der Waals surface area contributed by atoms with Crippen molar-refractivity contribution in [2.24, 2.45) is 0 Å². The molecule has 10 nitrogen and oxygen atoms in total. The zero-order valence-electron chi connectivity index (χ0n) is 24.0. The summed E-state index contributed by atoms with van der Waals surface area (Å²) < 4.78 is 93.4. The summed E-state index contributed by atoms with van der Waals surface area (Å²) in [6, 6.07) is 21.9. The summed E-state index contributed by atoms with van der Waals surface area (Å²) in [4.78, 5) is 0. The Morgan fingerprint density at radius 1 is 0.605 bits per heavy atom. The van der Waals surface area contributed by atoms with Crippen LogP contribution in [0.5, 0.6) is 23.0 Å². The third kappa shape index (κ3) is 8.72. The van der Waals surface area contributed by atoms with Crippen LogP contribution in [0.1, 0.15) is 16.7 Å². The summed E-state index contributed by atoms with van der Waals surface area (Å²) in [5.41, 5.74) is 4.15. The lowest BCUT2D eigenvalue weighted by Crippen LogP contribution is -2.10. The Hall–Kier alpha value is -4.07. The Kier molecular flexibility index (Phi) is 9.09. The fourth-order valence-corrected chi connectivity index (χ4v) is 5.93. The molecule has 0 N–H and O–H groups in total. The molecule has 0 bridgehead atoms. The minimum atomic E-state index is -3.97. The molecule has 0 radical (unpaired) electrons. The van der Waals surface area contributed by atoms with Crippen LogP contribution in [-0.4, -0.2) is 44.0 Å². The van der Waals surface area contributed by atoms with Crippen molar-refractivity contribution in [1.29, 1.82) is 0 Å². The van der Waals surface area contributed by atoms with E-state index in [1.165, 1.54) is 18.2 Å². The molecule has 0 saturated carbocycles. The summed E-state index contributed by atoms with van der Waals surface area (Å²) in [7, 11) is -11.6. The van der Waals surface area contributed by atoms with Crippen LogP contribution in [-0.2, 0) is 37.0 Å². The van der Waals surface area contributed by atoms with Crippen LogP contribution in [0, 0.1) is 13.8 Å². The topological polar surface area (TPSA) is 139 Å². The lowest BCUT2D eigenvalue weighted by atomic mass is 9.90. The molecular weight excluding hydrogens is 617 g/mol. The first-order valence-electron chi connectivity index (χ1n) is 12.7. The van der Waals surface area contributed by atoms with E-state index >= 15 is 0 Å². The lowest BCUT2D eigenvalue weighted by Gasteiger charge is -2.20. The van der Waals surface area contributed by atoms with E-state index in [2.05, 4.69) is 0 Å². The number of benzene rings is 4. The highest BCUT2D eigenvalue weighted by Gasteiger charge is 2.22. The molecule has 0 aliphatic rings. The number of hydrogen-bond acceptors (Lipinski definition) is 10. The van der Waals surface area contributed by atoms with E-state index in [9.17, 15) is 25.3 Å². The maximum atomic E-state index is 12.3. The molecule has 0 spiro atoms. The molecule has 4 aromatic rings. The molecule has 0 unspecified atom stereocenters. The fourth-order valence-electron chi connectivity index (χ4n) is 4.49. The van der Waals surface area contributed by atoms with Gasteiger partial charge in [0.25, 0.3) is 0 Å². The van der Waals surface area contributed by atoms with Gasteiger partial charge in [-0.1, -0.05) is 48.5 Å². The molecule has 0 fully saturated rings. The first-order valence-corrected chi connectivity index (χ1v) is 18.2. The van der Waals surface area contributed by atoms with Gasteiger partial charge in [-0.2, -0.15) is 25.3 Å². The second-order valence-electron chi connectivity index (χ2n) is 9.89. The largest absolute Gasteiger partial charge is 0.485 e. The molecule has 43 heavy (non-hydrogen) atoms. The van der Waals surface area contributed by atoms with Gasteiger partial charge in [-0.3, -0.25) is 0 Å². The number of rotatable bonds is 11. The van der Waals surface area contributed by atoms with Crippen molar-refractivity contribution in [3.8, 4) is 45.3 Å². The van der Waals surface area contributed by atoms with Crippen molar-refractivity contribution in [2.75, 3.05) is 18.8 Å². The van der Waals surface area contributed by atoms with E-state index in [4.69, 9.17) is 17.3 Å². The van der Waals surface area contributed by atoms with Crippen molar-refractivity contribution < 1.29 is 42.5 Å². The van der Waals surface area contributed by atoms with Crippen molar-refractivity contribution in [3.05, 3.63) is 95.6 Å². The van der Waals surface area contributed by atoms with E-state index in [0.717, 1.165) is 24.3 Å². The van der Waals surface area contributed by atoms with Gasteiger partial charge in [-0.25, -0.2) is 0 Å². The molecule has 0 amide bonds. The number of aryl methyl sites for hydroxylation is 1. The minimum absolute atomic E-state index is 0.0362. The maximum absolute atomic E-state index is 12.3. The minimum Gasteiger partial charge on any atom is -0.485 e. The molecule has 0 atom stereocenters. The van der Waals surface area contributed by atoms with Crippen LogP contribution >= 0.6 is 0 Å². The summed E-state index contributed by atoms with van der Waals surface area (Å²) in [5, 5.41) is 0. The van der Waals surface area contributed by atoms with E-state index in [1.807, 2.05) is 37.3 Å². The summed E-state index contributed by atoms with van der Waals surface area (Å²) in [6.07, 6.45) is 2.78. The highest BCUT2D eigenvalue weighted by Crippen LogP contribution is 2.44. The Balaban J connectivity index is 1.82. The van der Waals surface area contributed by atoms with E-state index in [-0.39, 0.29) is 29.6 Å². The van der Waals surface area contributed by atoms with E-state index in [0.29, 0.717) is 33.4 Å². The second kappa shape index (κ2) is 12.3. The third-order valence-corrected chi connectivity index (χ3v) is 7.52. The highest BCUT2D eigenvalue weighted by molar-refractivity contribution is 7.86. The molecule has 0 saturated heterocycles. The van der Waals surface area contributed by atoms with Gasteiger partial charge < -0.3 is 17.3 Å². The predicted molar refractivity (Wildman–Crippen MR) is 164 cm³/mol. The van der Waals surface area contributed by atoms with Crippen LogP contribution in [0.2, 0.25) is 0 Å². The highest BCUT2D eigenvalue weighted by atomic mass is 32.2. The third-order valence-electron chi connectivity index (χ3n) is 6.07. The average Bonchev–Trinajstić information content (AvgIpc) is 2.88. The maximum Gasteiger partial charge on any atom is 0.306 e. The van der Waals surface area contributed by atoms with Crippen molar-refractivity contribution in [2.45, 2.75) is 20.5 Å². The van der Waals surface area contributed by atoms with Crippen molar-refractivity contribution in [3.63, 3.8) is 0 Å². The van der Waals surface area contributed by atoms with Crippen LogP contribution in [0.4, 0.5) is 0 Å². The van der Waals surface area contributed by atoms with Crippen molar-refractivity contribution in [1.82, 2.24) is 0 Å². The molecule has 13 heteroatoms. The zero-order valence-corrected chi connectivity index (χ0v) is 26.5. The molecular formula is C30H30O10S3. The average molecular weight is 647 g/mol. The fraction of sp³-hybridized carbons (Fsp3) is 0.200. The van der Waals surface area contributed by atoms with Gasteiger partial charge in [-0.15, -0.1) is 0 Å². The van der Waals surface area contributed by atoms with E-state index < -0.39 is 30.4 Å². The van der Waals surface area contributed by atoms with Gasteiger partial charge in [0.1, 0.15) is 12.4 Å². The van der Waals surface area contributed by atoms with Crippen molar-refractivity contribution >= 4 is 30.4 Å². The first kappa shape index (κ1) is 31.9. The molecule has 0 aliphatic heterocycles. The van der Waals surface area contributed by atoms with Crippen LogP contribution < -0.4 is 17.3 Å². The quantitative estimate of drug-likeness (QED) is 0.199.